The standard InChI is InChI=1S/C15H17N3O2S2/c1-18(2)15(13-6-7-21-11-13)10-17-22(19,20)14-5-3-4-12(8-14)9-16/h3-8,11,15,17H,10H2,1-2H3. The fraction of sp³-hybridized carbons (Fsp3) is 0.267. The molecule has 2 aromatic rings. The molecular weight excluding hydrogens is 318 g/mol. The van der Waals surface area contributed by atoms with Gasteiger partial charge in [0.2, 0.25) is 10.0 Å². The van der Waals surface area contributed by atoms with Crippen molar-refractivity contribution in [2.45, 2.75) is 10.9 Å². The minimum Gasteiger partial charge on any atom is -0.301 e. The second-order valence-electron chi connectivity index (χ2n) is 5.03. The highest BCUT2D eigenvalue weighted by Gasteiger charge is 2.20. The summed E-state index contributed by atoms with van der Waals surface area (Å²) in [6.07, 6.45) is 0. The molecule has 0 aliphatic rings. The van der Waals surface area contributed by atoms with Gasteiger partial charge in [0.1, 0.15) is 0 Å². The summed E-state index contributed by atoms with van der Waals surface area (Å²) in [5, 5.41) is 12.9. The lowest BCUT2D eigenvalue weighted by molar-refractivity contribution is 0.300. The van der Waals surface area contributed by atoms with Gasteiger partial charge in [-0.1, -0.05) is 6.07 Å². The third-order valence-electron chi connectivity index (χ3n) is 3.29. The van der Waals surface area contributed by atoms with Crippen LogP contribution >= 0.6 is 11.3 Å². The summed E-state index contributed by atoms with van der Waals surface area (Å²) in [7, 11) is 0.182. The maximum Gasteiger partial charge on any atom is 0.240 e. The van der Waals surface area contributed by atoms with Crippen LogP contribution in [0.25, 0.3) is 0 Å². The van der Waals surface area contributed by atoms with Crippen molar-refractivity contribution in [2.24, 2.45) is 0 Å². The molecule has 0 spiro atoms. The number of thiophene rings is 1. The number of nitrogens with one attached hydrogen (secondary N) is 1. The van der Waals surface area contributed by atoms with E-state index in [-0.39, 0.29) is 17.5 Å². The third-order valence-corrected chi connectivity index (χ3v) is 5.41. The summed E-state index contributed by atoms with van der Waals surface area (Å²) in [6, 6.07) is 9.89. The van der Waals surface area contributed by atoms with Gasteiger partial charge >= 0.3 is 0 Å². The fourth-order valence-electron chi connectivity index (χ4n) is 2.07. The summed E-state index contributed by atoms with van der Waals surface area (Å²) in [4.78, 5) is 2.07. The van der Waals surface area contributed by atoms with Gasteiger partial charge in [0, 0.05) is 12.6 Å². The quantitative estimate of drug-likeness (QED) is 0.878. The van der Waals surface area contributed by atoms with Crippen LogP contribution in [0.4, 0.5) is 0 Å². The monoisotopic (exact) mass is 335 g/mol. The molecular formula is C15H17N3O2S2. The Morgan fingerprint density at radius 3 is 2.73 bits per heavy atom. The molecule has 1 unspecified atom stereocenters. The zero-order chi connectivity index (χ0) is 16.2. The van der Waals surface area contributed by atoms with Gasteiger partial charge in [0.05, 0.1) is 16.5 Å². The minimum absolute atomic E-state index is 0.0415. The molecule has 0 aliphatic carbocycles. The first-order chi connectivity index (χ1) is 10.4. The molecule has 0 saturated heterocycles. The highest BCUT2D eigenvalue weighted by Crippen LogP contribution is 2.21. The molecule has 7 heteroatoms. The van der Waals surface area contributed by atoms with E-state index in [2.05, 4.69) is 4.72 Å². The molecule has 0 saturated carbocycles. The number of nitriles is 1. The zero-order valence-electron chi connectivity index (χ0n) is 12.4. The van der Waals surface area contributed by atoms with Gasteiger partial charge in [-0.05, 0) is 54.7 Å². The molecule has 0 aliphatic heterocycles. The smallest absolute Gasteiger partial charge is 0.240 e. The molecule has 0 amide bonds. The van der Waals surface area contributed by atoms with E-state index >= 15 is 0 Å². The van der Waals surface area contributed by atoms with Crippen molar-refractivity contribution in [3.8, 4) is 6.07 Å². The van der Waals surface area contributed by atoms with Crippen LogP contribution in [-0.4, -0.2) is 34.0 Å². The summed E-state index contributed by atoms with van der Waals surface area (Å²) >= 11 is 1.58. The molecule has 2 rings (SSSR count). The lowest BCUT2D eigenvalue weighted by Crippen LogP contribution is -2.34. The first kappa shape index (κ1) is 16.6. The first-order valence-corrected chi connectivity index (χ1v) is 9.05. The zero-order valence-corrected chi connectivity index (χ0v) is 14.0. The second-order valence-corrected chi connectivity index (χ2v) is 7.57. The summed E-state index contributed by atoms with van der Waals surface area (Å²) in [5.74, 6) is 0. The molecule has 22 heavy (non-hydrogen) atoms. The van der Waals surface area contributed by atoms with Crippen LogP contribution in [0.1, 0.15) is 17.2 Å². The predicted molar refractivity (Wildman–Crippen MR) is 87.1 cm³/mol. The van der Waals surface area contributed by atoms with Crippen LogP contribution in [0.5, 0.6) is 0 Å². The lowest BCUT2D eigenvalue weighted by atomic mass is 10.1. The molecule has 116 valence electrons. The maximum absolute atomic E-state index is 12.4. The summed E-state index contributed by atoms with van der Waals surface area (Å²) < 4.78 is 27.3. The second kappa shape index (κ2) is 7.03. The Balaban J connectivity index is 2.16. The van der Waals surface area contributed by atoms with Crippen molar-refractivity contribution in [2.75, 3.05) is 20.6 Å². The third kappa shape index (κ3) is 3.93. The number of sulfonamides is 1. The van der Waals surface area contributed by atoms with Crippen LogP contribution in [0.15, 0.2) is 46.0 Å². The number of nitrogens with zero attached hydrogens (tertiary/aromatic N) is 2. The summed E-state index contributed by atoms with van der Waals surface area (Å²) in [6.45, 7) is 0.267. The van der Waals surface area contributed by atoms with E-state index in [9.17, 15) is 8.42 Å². The largest absolute Gasteiger partial charge is 0.301 e. The molecule has 1 atom stereocenters. The Bertz CT molecular complexity index is 762. The first-order valence-electron chi connectivity index (χ1n) is 6.62. The van der Waals surface area contributed by atoms with Gasteiger partial charge in [-0.2, -0.15) is 16.6 Å². The van der Waals surface area contributed by atoms with E-state index < -0.39 is 10.0 Å². The number of hydrogen-bond acceptors (Lipinski definition) is 5. The molecule has 1 aromatic heterocycles. The Labute approximate surface area is 134 Å². The SMILES string of the molecule is CN(C)C(CNS(=O)(=O)c1cccc(C#N)c1)c1ccsc1. The highest BCUT2D eigenvalue weighted by atomic mass is 32.2. The van der Waals surface area contributed by atoms with Crippen LogP contribution in [0.3, 0.4) is 0 Å². The van der Waals surface area contributed by atoms with Crippen molar-refractivity contribution < 1.29 is 8.42 Å². The van der Waals surface area contributed by atoms with Crippen LogP contribution in [0, 0.1) is 11.3 Å². The molecule has 1 N–H and O–H groups in total. The van der Waals surface area contributed by atoms with E-state index in [4.69, 9.17) is 5.26 Å². The molecule has 0 radical (unpaired) electrons. The van der Waals surface area contributed by atoms with Gasteiger partial charge < -0.3 is 4.90 Å². The van der Waals surface area contributed by atoms with Crippen molar-refractivity contribution >= 4 is 21.4 Å². The van der Waals surface area contributed by atoms with Gasteiger partial charge in [-0.15, -0.1) is 0 Å². The van der Waals surface area contributed by atoms with Crippen molar-refractivity contribution in [3.05, 3.63) is 52.2 Å². The Kier molecular flexibility index (Phi) is 5.32. The number of likely N-dealkylation sites (N-methyl/N-ethyl adjacent to an activating group) is 1. The maximum atomic E-state index is 12.4. The van der Waals surface area contributed by atoms with Crippen molar-refractivity contribution in [3.63, 3.8) is 0 Å². The Morgan fingerprint density at radius 2 is 2.14 bits per heavy atom. The van der Waals surface area contributed by atoms with Crippen molar-refractivity contribution in [1.29, 1.82) is 5.26 Å². The molecule has 0 bridgehead atoms. The molecule has 5 nitrogen and oxygen atoms in total. The van der Waals surface area contributed by atoms with Crippen LogP contribution in [0.2, 0.25) is 0 Å². The van der Waals surface area contributed by atoms with E-state index in [1.165, 1.54) is 12.1 Å². The molecule has 0 fully saturated rings. The predicted octanol–water partition coefficient (Wildman–Crippen LogP) is 2.20. The average molecular weight is 335 g/mol. The highest BCUT2D eigenvalue weighted by molar-refractivity contribution is 7.89. The van der Waals surface area contributed by atoms with Crippen LogP contribution < -0.4 is 4.72 Å². The summed E-state index contributed by atoms with van der Waals surface area (Å²) in [5.41, 5.74) is 1.40. The van der Waals surface area contributed by atoms with Gasteiger partial charge in [0.25, 0.3) is 0 Å². The molecule has 1 aromatic carbocycles. The Morgan fingerprint density at radius 1 is 1.36 bits per heavy atom. The fourth-order valence-corrected chi connectivity index (χ4v) is 3.86. The number of benzene rings is 1. The van der Waals surface area contributed by atoms with E-state index in [1.807, 2.05) is 41.9 Å². The van der Waals surface area contributed by atoms with E-state index in [1.54, 1.807) is 23.5 Å². The number of hydrogen-bond donors (Lipinski definition) is 1. The van der Waals surface area contributed by atoms with Crippen LogP contribution in [-0.2, 0) is 10.0 Å². The van der Waals surface area contributed by atoms with E-state index in [0.29, 0.717) is 5.56 Å². The van der Waals surface area contributed by atoms with Crippen molar-refractivity contribution in [1.82, 2.24) is 9.62 Å². The minimum atomic E-state index is -3.64. The van der Waals surface area contributed by atoms with Gasteiger partial charge in [-0.3, -0.25) is 0 Å². The Hall–Kier alpha value is -1.72. The normalized spacial score (nSPS) is 13.0. The average Bonchev–Trinajstić information content (AvgIpc) is 3.01. The number of rotatable bonds is 6. The lowest BCUT2D eigenvalue weighted by Gasteiger charge is -2.24. The van der Waals surface area contributed by atoms with Gasteiger partial charge in [-0.25, -0.2) is 13.1 Å². The van der Waals surface area contributed by atoms with Gasteiger partial charge in [0.15, 0.2) is 0 Å². The van der Waals surface area contributed by atoms with E-state index in [0.717, 1.165) is 5.56 Å². The molecule has 1 heterocycles. The topological polar surface area (TPSA) is 73.2 Å².